The van der Waals surface area contributed by atoms with Crippen molar-refractivity contribution in [2.24, 2.45) is 0 Å². The molecular formula is C10H12O3. The van der Waals surface area contributed by atoms with Crippen LogP contribution >= 0.6 is 0 Å². The molecule has 0 fully saturated rings. The fourth-order valence-corrected chi connectivity index (χ4v) is 1.26. The fraction of sp³-hybridized carbons (Fsp3) is 0.300. The van der Waals surface area contributed by atoms with E-state index in [1.165, 1.54) is 7.11 Å². The average Bonchev–Trinajstić information content (AvgIpc) is 2.17. The van der Waals surface area contributed by atoms with Crippen molar-refractivity contribution in [1.29, 1.82) is 0 Å². The number of hydrogen-bond acceptors (Lipinski definition) is 3. The minimum Gasteiger partial charge on any atom is -0.507 e. The maximum atomic E-state index is 10.5. The van der Waals surface area contributed by atoms with Crippen molar-refractivity contribution in [2.45, 2.75) is 13.3 Å². The Morgan fingerprint density at radius 1 is 1.54 bits per heavy atom. The molecule has 1 aromatic rings. The van der Waals surface area contributed by atoms with Crippen LogP contribution in [0.4, 0.5) is 0 Å². The Labute approximate surface area is 77.0 Å². The van der Waals surface area contributed by atoms with Crippen molar-refractivity contribution in [3.05, 3.63) is 23.3 Å². The number of carbonyl (C=O) groups is 1. The van der Waals surface area contributed by atoms with Crippen LogP contribution < -0.4 is 4.74 Å². The van der Waals surface area contributed by atoms with Crippen molar-refractivity contribution >= 4 is 6.29 Å². The first-order valence-electron chi connectivity index (χ1n) is 4.08. The first-order chi connectivity index (χ1) is 6.24. The molecule has 0 aliphatic carbocycles. The van der Waals surface area contributed by atoms with Gasteiger partial charge in [0.25, 0.3) is 0 Å². The van der Waals surface area contributed by atoms with Crippen molar-refractivity contribution in [1.82, 2.24) is 0 Å². The number of aldehydes is 1. The van der Waals surface area contributed by atoms with Gasteiger partial charge < -0.3 is 9.84 Å². The predicted molar refractivity (Wildman–Crippen MR) is 49.4 cm³/mol. The molecule has 3 nitrogen and oxygen atoms in total. The summed E-state index contributed by atoms with van der Waals surface area (Å²) in [7, 11) is 1.54. The van der Waals surface area contributed by atoms with Crippen LogP contribution in [0, 0.1) is 0 Å². The number of rotatable bonds is 3. The first kappa shape index (κ1) is 9.58. The molecule has 1 rings (SSSR count). The van der Waals surface area contributed by atoms with E-state index in [1.54, 1.807) is 12.1 Å². The molecule has 70 valence electrons. The highest BCUT2D eigenvalue weighted by Gasteiger charge is 2.10. The van der Waals surface area contributed by atoms with Gasteiger partial charge in [0.1, 0.15) is 11.5 Å². The number of ether oxygens (including phenoxy) is 1. The molecule has 0 aromatic heterocycles. The van der Waals surface area contributed by atoms with Crippen LogP contribution in [0.15, 0.2) is 12.1 Å². The van der Waals surface area contributed by atoms with Gasteiger partial charge in [0.2, 0.25) is 0 Å². The maximum Gasteiger partial charge on any atom is 0.153 e. The molecule has 0 aliphatic heterocycles. The van der Waals surface area contributed by atoms with Gasteiger partial charge in [-0.3, -0.25) is 4.79 Å². The molecule has 3 heteroatoms. The normalized spacial score (nSPS) is 9.69. The van der Waals surface area contributed by atoms with Crippen LogP contribution in [-0.4, -0.2) is 18.5 Å². The van der Waals surface area contributed by atoms with E-state index in [2.05, 4.69) is 0 Å². The second-order valence-corrected chi connectivity index (χ2v) is 2.66. The van der Waals surface area contributed by atoms with Gasteiger partial charge in [0.05, 0.1) is 12.7 Å². The summed E-state index contributed by atoms with van der Waals surface area (Å²) in [6.45, 7) is 1.89. The molecule has 0 saturated carbocycles. The number of phenols is 1. The Bertz CT molecular complexity index is 318. The largest absolute Gasteiger partial charge is 0.507 e. The molecule has 0 radical (unpaired) electrons. The van der Waals surface area contributed by atoms with Crippen LogP contribution in [0.25, 0.3) is 0 Å². The summed E-state index contributed by atoms with van der Waals surface area (Å²) in [6, 6.07) is 3.22. The van der Waals surface area contributed by atoms with Crippen molar-refractivity contribution in [3.8, 4) is 11.5 Å². The molecule has 0 spiro atoms. The standard InChI is InChI=1S/C10H12O3/c1-3-8-9(13-2)5-4-7(6-11)10(8)12/h4-6,12H,3H2,1-2H3. The molecule has 0 heterocycles. The van der Waals surface area contributed by atoms with E-state index in [-0.39, 0.29) is 5.75 Å². The van der Waals surface area contributed by atoms with Crippen molar-refractivity contribution < 1.29 is 14.6 Å². The molecule has 0 amide bonds. The molecule has 13 heavy (non-hydrogen) atoms. The van der Waals surface area contributed by atoms with Gasteiger partial charge in [-0.25, -0.2) is 0 Å². The summed E-state index contributed by atoms with van der Waals surface area (Å²) in [5.41, 5.74) is 0.977. The summed E-state index contributed by atoms with van der Waals surface area (Å²) >= 11 is 0. The second-order valence-electron chi connectivity index (χ2n) is 2.66. The summed E-state index contributed by atoms with van der Waals surface area (Å²) < 4.78 is 5.04. The van der Waals surface area contributed by atoms with Gasteiger partial charge >= 0.3 is 0 Å². The van der Waals surface area contributed by atoms with E-state index in [0.29, 0.717) is 29.6 Å². The molecule has 0 bridgehead atoms. The van der Waals surface area contributed by atoms with Crippen LogP contribution in [0.3, 0.4) is 0 Å². The van der Waals surface area contributed by atoms with Crippen LogP contribution in [0.2, 0.25) is 0 Å². The molecular weight excluding hydrogens is 168 g/mol. The average molecular weight is 180 g/mol. The third-order valence-corrected chi connectivity index (χ3v) is 1.97. The molecule has 0 aliphatic rings. The quantitative estimate of drug-likeness (QED) is 0.721. The Morgan fingerprint density at radius 2 is 2.23 bits per heavy atom. The summed E-state index contributed by atoms with van der Waals surface area (Å²) in [6.07, 6.45) is 1.27. The number of aromatic hydroxyl groups is 1. The predicted octanol–water partition coefficient (Wildman–Crippen LogP) is 1.78. The van der Waals surface area contributed by atoms with Gasteiger partial charge in [-0.15, -0.1) is 0 Å². The maximum absolute atomic E-state index is 10.5. The third kappa shape index (κ3) is 1.64. The molecule has 1 N–H and O–H groups in total. The Kier molecular flexibility index (Phi) is 2.90. The monoisotopic (exact) mass is 180 g/mol. The smallest absolute Gasteiger partial charge is 0.153 e. The zero-order chi connectivity index (χ0) is 9.84. The number of carbonyl (C=O) groups excluding carboxylic acids is 1. The van der Waals surface area contributed by atoms with Crippen LogP contribution in [-0.2, 0) is 6.42 Å². The topological polar surface area (TPSA) is 46.5 Å². The Morgan fingerprint density at radius 3 is 2.69 bits per heavy atom. The number of hydrogen-bond donors (Lipinski definition) is 1. The zero-order valence-corrected chi connectivity index (χ0v) is 7.70. The highest BCUT2D eigenvalue weighted by molar-refractivity contribution is 5.80. The van der Waals surface area contributed by atoms with Gasteiger partial charge in [0, 0.05) is 5.56 Å². The van der Waals surface area contributed by atoms with E-state index in [0.717, 1.165) is 0 Å². The van der Waals surface area contributed by atoms with Gasteiger partial charge in [0.15, 0.2) is 6.29 Å². The lowest BCUT2D eigenvalue weighted by Gasteiger charge is -2.09. The van der Waals surface area contributed by atoms with Crippen molar-refractivity contribution in [3.63, 3.8) is 0 Å². The SMILES string of the molecule is CCc1c(OC)ccc(C=O)c1O. The van der Waals surface area contributed by atoms with E-state index in [4.69, 9.17) is 4.74 Å². The highest BCUT2D eigenvalue weighted by atomic mass is 16.5. The van der Waals surface area contributed by atoms with E-state index in [9.17, 15) is 9.90 Å². The lowest BCUT2D eigenvalue weighted by atomic mass is 10.1. The van der Waals surface area contributed by atoms with Crippen LogP contribution in [0.1, 0.15) is 22.8 Å². The molecule has 0 unspecified atom stereocenters. The number of methoxy groups -OCH3 is 1. The summed E-state index contributed by atoms with van der Waals surface area (Å²) in [5.74, 6) is 0.641. The third-order valence-electron chi connectivity index (χ3n) is 1.97. The van der Waals surface area contributed by atoms with Crippen LogP contribution in [0.5, 0.6) is 11.5 Å². The molecule has 1 aromatic carbocycles. The highest BCUT2D eigenvalue weighted by Crippen LogP contribution is 2.30. The van der Waals surface area contributed by atoms with Gasteiger partial charge in [-0.1, -0.05) is 6.92 Å². The van der Waals surface area contributed by atoms with Gasteiger partial charge in [-0.05, 0) is 18.6 Å². The number of phenolic OH excluding ortho intramolecular Hbond substituents is 1. The molecule has 0 saturated heterocycles. The fourth-order valence-electron chi connectivity index (χ4n) is 1.26. The minimum absolute atomic E-state index is 0.0249. The number of benzene rings is 1. The Balaban J connectivity index is 3.31. The van der Waals surface area contributed by atoms with Crippen molar-refractivity contribution in [2.75, 3.05) is 7.11 Å². The lowest BCUT2D eigenvalue weighted by Crippen LogP contribution is -1.93. The zero-order valence-electron chi connectivity index (χ0n) is 7.70. The van der Waals surface area contributed by atoms with E-state index in [1.807, 2.05) is 6.92 Å². The van der Waals surface area contributed by atoms with E-state index >= 15 is 0 Å². The Hall–Kier alpha value is -1.51. The minimum atomic E-state index is 0.0249. The molecule has 0 atom stereocenters. The first-order valence-corrected chi connectivity index (χ1v) is 4.08. The second kappa shape index (κ2) is 3.94. The van der Waals surface area contributed by atoms with Gasteiger partial charge in [-0.2, -0.15) is 0 Å². The van der Waals surface area contributed by atoms with E-state index < -0.39 is 0 Å². The summed E-state index contributed by atoms with van der Waals surface area (Å²) in [5, 5.41) is 9.59. The lowest BCUT2D eigenvalue weighted by molar-refractivity contribution is 0.112. The summed E-state index contributed by atoms with van der Waals surface area (Å²) in [4.78, 5) is 10.5.